The third kappa shape index (κ3) is 5.98. The number of carbonyl (C=O) groups is 1. The Bertz CT molecular complexity index is 1060. The van der Waals surface area contributed by atoms with Crippen molar-refractivity contribution in [2.75, 3.05) is 13.2 Å². The Morgan fingerprint density at radius 1 is 1.19 bits per heavy atom. The minimum absolute atomic E-state index is 0.277. The van der Waals surface area contributed by atoms with Crippen molar-refractivity contribution in [1.82, 2.24) is 14.9 Å². The van der Waals surface area contributed by atoms with E-state index in [2.05, 4.69) is 15.0 Å². The molecule has 1 atom stereocenters. The van der Waals surface area contributed by atoms with Gasteiger partial charge in [0, 0.05) is 13.2 Å². The Morgan fingerprint density at radius 3 is 2.50 bits per heavy atom. The summed E-state index contributed by atoms with van der Waals surface area (Å²) in [5.74, 6) is -0.0119. The molecule has 3 N–H and O–H groups in total. The maximum absolute atomic E-state index is 12.4. The highest BCUT2D eigenvalue weighted by Crippen LogP contribution is 2.29. The van der Waals surface area contributed by atoms with Crippen LogP contribution in [0, 0.1) is 0 Å². The molecule has 3 rings (SSSR count). The van der Waals surface area contributed by atoms with Crippen LogP contribution in [0.2, 0.25) is 0 Å². The van der Waals surface area contributed by atoms with Gasteiger partial charge < -0.3 is 19.8 Å². The van der Waals surface area contributed by atoms with E-state index in [1.54, 1.807) is 19.1 Å². The zero-order valence-corrected chi connectivity index (χ0v) is 17.8. The Kier molecular flexibility index (Phi) is 7.37. The average Bonchev–Trinajstić information content (AvgIpc) is 3.08. The van der Waals surface area contributed by atoms with Crippen LogP contribution in [0.15, 0.2) is 42.5 Å². The second-order valence-corrected chi connectivity index (χ2v) is 7.16. The van der Waals surface area contributed by atoms with Crippen molar-refractivity contribution in [3.8, 4) is 16.9 Å². The molecule has 2 aromatic carbocycles. The second-order valence-electron chi connectivity index (χ2n) is 7.16. The summed E-state index contributed by atoms with van der Waals surface area (Å²) in [6, 6.07) is 10.8. The van der Waals surface area contributed by atoms with Crippen molar-refractivity contribution in [2.45, 2.75) is 39.3 Å². The number of imidazole rings is 1. The topological polar surface area (TPSA) is 91.4 Å². The molecule has 0 radical (unpaired) electrons. The summed E-state index contributed by atoms with van der Waals surface area (Å²) >= 11 is 0. The molecule has 0 aliphatic rings. The summed E-state index contributed by atoms with van der Waals surface area (Å²) in [6.07, 6.45) is -4.73. The third-order valence-electron chi connectivity index (χ3n) is 4.91. The lowest BCUT2D eigenvalue weighted by Crippen LogP contribution is -2.38. The maximum atomic E-state index is 12.4. The summed E-state index contributed by atoms with van der Waals surface area (Å²) in [4.78, 5) is 16.0. The Balaban J connectivity index is 1.91. The molecule has 32 heavy (non-hydrogen) atoms. The molecule has 3 aromatic rings. The van der Waals surface area contributed by atoms with Gasteiger partial charge in [-0.1, -0.05) is 18.2 Å². The molecular weight excluding hydrogens is 425 g/mol. The fourth-order valence-electron chi connectivity index (χ4n) is 3.23. The summed E-state index contributed by atoms with van der Waals surface area (Å²) in [5.41, 5.74) is 8.48. The van der Waals surface area contributed by atoms with Gasteiger partial charge in [-0.3, -0.25) is 10.1 Å². The van der Waals surface area contributed by atoms with Crippen LogP contribution >= 0.6 is 0 Å². The van der Waals surface area contributed by atoms with E-state index in [4.69, 9.17) is 10.5 Å². The lowest BCUT2D eigenvalue weighted by atomic mass is 10.0. The molecule has 1 aromatic heterocycles. The number of hydrogen-bond acceptors (Lipinski definition) is 5. The number of ether oxygens (including phenoxy) is 2. The predicted octanol–water partition coefficient (Wildman–Crippen LogP) is 3.60. The van der Waals surface area contributed by atoms with Gasteiger partial charge in [0.2, 0.25) is 5.91 Å². The number of amides is 1. The molecule has 7 nitrogen and oxygen atoms in total. The number of primary amides is 1. The summed E-state index contributed by atoms with van der Waals surface area (Å²) < 4.78 is 48.6. The number of nitrogens with one attached hydrogen (secondary N) is 1. The van der Waals surface area contributed by atoms with Crippen molar-refractivity contribution < 1.29 is 27.4 Å². The van der Waals surface area contributed by atoms with Gasteiger partial charge in [0.15, 0.2) is 0 Å². The first kappa shape index (κ1) is 23.6. The van der Waals surface area contributed by atoms with Gasteiger partial charge in [-0.2, -0.15) is 0 Å². The first-order valence-electron chi connectivity index (χ1n) is 10.1. The van der Waals surface area contributed by atoms with Gasteiger partial charge >= 0.3 is 6.36 Å². The number of carbonyl (C=O) groups excluding carboxylic acids is 1. The van der Waals surface area contributed by atoms with Gasteiger partial charge in [0.05, 0.1) is 30.2 Å². The highest BCUT2D eigenvalue weighted by atomic mass is 19.4. The first-order valence-corrected chi connectivity index (χ1v) is 10.1. The quantitative estimate of drug-likeness (QED) is 0.461. The van der Waals surface area contributed by atoms with Gasteiger partial charge in [0.25, 0.3) is 0 Å². The molecule has 172 valence electrons. The van der Waals surface area contributed by atoms with Crippen molar-refractivity contribution in [3.63, 3.8) is 0 Å². The van der Waals surface area contributed by atoms with E-state index in [1.807, 2.05) is 29.7 Å². The van der Waals surface area contributed by atoms with Crippen molar-refractivity contribution in [3.05, 3.63) is 48.3 Å². The summed E-state index contributed by atoms with van der Waals surface area (Å²) in [5, 5.41) is 3.06. The number of aromatic nitrogens is 2. The van der Waals surface area contributed by atoms with Crippen LogP contribution in [0.3, 0.4) is 0 Å². The second kappa shape index (κ2) is 10.0. The largest absolute Gasteiger partial charge is 0.573 e. The van der Waals surface area contributed by atoms with E-state index in [-0.39, 0.29) is 5.75 Å². The van der Waals surface area contributed by atoms with Gasteiger partial charge in [-0.05, 0) is 49.2 Å². The zero-order chi connectivity index (χ0) is 23.3. The van der Waals surface area contributed by atoms with Crippen LogP contribution in [-0.2, 0) is 22.6 Å². The monoisotopic (exact) mass is 450 g/mol. The molecule has 0 aliphatic heterocycles. The van der Waals surface area contributed by atoms with Crippen molar-refractivity contribution in [1.29, 1.82) is 0 Å². The molecule has 1 amide bonds. The van der Waals surface area contributed by atoms with Crippen LogP contribution in [0.25, 0.3) is 22.2 Å². The predicted molar refractivity (Wildman–Crippen MR) is 114 cm³/mol. The Hall–Kier alpha value is -3.11. The Morgan fingerprint density at radius 2 is 1.88 bits per heavy atom. The van der Waals surface area contributed by atoms with Gasteiger partial charge in [-0.25, -0.2) is 4.98 Å². The van der Waals surface area contributed by atoms with Crippen LogP contribution in [0.1, 0.15) is 19.7 Å². The number of nitrogens with two attached hydrogens (primary N) is 1. The normalized spacial score (nSPS) is 12.8. The van der Waals surface area contributed by atoms with E-state index in [9.17, 15) is 18.0 Å². The molecule has 1 heterocycles. The number of benzene rings is 2. The molecule has 0 fully saturated rings. The minimum atomic E-state index is -4.73. The van der Waals surface area contributed by atoms with E-state index >= 15 is 0 Å². The number of fused-ring (bicyclic) bond motifs is 1. The molecule has 0 unspecified atom stereocenters. The van der Waals surface area contributed by atoms with E-state index in [0.717, 1.165) is 28.0 Å². The fourth-order valence-corrected chi connectivity index (χ4v) is 3.23. The lowest BCUT2D eigenvalue weighted by Gasteiger charge is -2.13. The average molecular weight is 450 g/mol. The molecular formula is C22H25F3N4O3. The maximum Gasteiger partial charge on any atom is 0.573 e. The van der Waals surface area contributed by atoms with Crippen molar-refractivity contribution >= 4 is 16.9 Å². The smallest absolute Gasteiger partial charge is 0.406 e. The van der Waals surface area contributed by atoms with Crippen molar-refractivity contribution in [2.24, 2.45) is 5.73 Å². The SMILES string of the molecule is CCOCCn1c(CN[C@@H](C)C(N)=O)nc2ccc(-c3ccc(OC(F)(F)F)cc3)cc21. The zero-order valence-electron chi connectivity index (χ0n) is 17.8. The number of halogens is 3. The van der Waals surface area contributed by atoms with Crippen LogP contribution in [0.4, 0.5) is 13.2 Å². The molecule has 0 aliphatic carbocycles. The molecule has 0 saturated carbocycles. The van der Waals surface area contributed by atoms with E-state index in [0.29, 0.717) is 26.3 Å². The minimum Gasteiger partial charge on any atom is -0.406 e. The fraction of sp³-hybridized carbons (Fsp3) is 0.364. The third-order valence-corrected chi connectivity index (χ3v) is 4.91. The lowest BCUT2D eigenvalue weighted by molar-refractivity contribution is -0.274. The van der Waals surface area contributed by atoms with Gasteiger partial charge in [-0.15, -0.1) is 13.2 Å². The van der Waals surface area contributed by atoms with Crippen LogP contribution < -0.4 is 15.8 Å². The molecule has 0 saturated heterocycles. The first-order chi connectivity index (χ1) is 15.2. The number of nitrogens with zero attached hydrogens (tertiary/aromatic N) is 2. The molecule has 0 spiro atoms. The number of rotatable bonds is 10. The standard InChI is InChI=1S/C22H25F3N4O3/c1-3-31-11-10-29-19-12-16(15-4-7-17(8-5-15)32-22(23,24)25)6-9-18(19)28-20(29)13-27-14(2)21(26)30/h4-9,12,14,27H,3,10-11,13H2,1-2H3,(H2,26,30)/t14-/m0/s1. The summed E-state index contributed by atoms with van der Waals surface area (Å²) in [6.45, 7) is 5.54. The number of hydrogen-bond donors (Lipinski definition) is 2. The Labute approximate surface area is 183 Å². The molecule has 10 heteroatoms. The van der Waals surface area contributed by atoms with E-state index in [1.165, 1.54) is 12.1 Å². The number of alkyl halides is 3. The van der Waals surface area contributed by atoms with E-state index < -0.39 is 18.3 Å². The summed E-state index contributed by atoms with van der Waals surface area (Å²) in [7, 11) is 0. The molecule has 0 bridgehead atoms. The highest BCUT2D eigenvalue weighted by molar-refractivity contribution is 5.83. The van der Waals surface area contributed by atoms with Crippen LogP contribution in [-0.4, -0.2) is 41.1 Å². The van der Waals surface area contributed by atoms with Crippen LogP contribution in [0.5, 0.6) is 5.75 Å². The highest BCUT2D eigenvalue weighted by Gasteiger charge is 2.31. The van der Waals surface area contributed by atoms with Gasteiger partial charge in [0.1, 0.15) is 11.6 Å².